The Bertz CT molecular complexity index is 143. The predicted molar refractivity (Wildman–Crippen MR) is 60.2 cm³/mol. The van der Waals surface area contributed by atoms with Crippen LogP contribution in [0.5, 0.6) is 0 Å². The van der Waals surface area contributed by atoms with Crippen LogP contribution in [0.4, 0.5) is 0 Å². The van der Waals surface area contributed by atoms with Gasteiger partial charge in [-0.15, -0.1) is 0 Å². The molecule has 0 amide bonds. The molecule has 0 saturated carbocycles. The normalized spacial score (nSPS) is 28.8. The van der Waals surface area contributed by atoms with E-state index in [-0.39, 0.29) is 10.9 Å². The van der Waals surface area contributed by atoms with Crippen LogP contribution >= 0.6 is 11.8 Å². The number of rotatable bonds is 7. The largest absolute Gasteiger partial charge is 0.392 e. The van der Waals surface area contributed by atoms with Gasteiger partial charge in [-0.05, 0) is 12.8 Å². The minimum atomic E-state index is -0.0564. The van der Waals surface area contributed by atoms with E-state index in [1.165, 1.54) is 37.9 Å². The summed E-state index contributed by atoms with van der Waals surface area (Å²) in [7, 11) is 0. The lowest BCUT2D eigenvalue weighted by Crippen LogP contribution is -2.27. The molecule has 78 valence electrons. The molecule has 1 fully saturated rings. The molecule has 2 atom stereocenters. The van der Waals surface area contributed by atoms with Crippen LogP contribution in [-0.4, -0.2) is 21.7 Å². The first-order valence-corrected chi connectivity index (χ1v) is 6.55. The fraction of sp³-hybridized carbons (Fsp3) is 1.00. The Labute approximate surface area is 86.3 Å². The molecule has 0 aromatic heterocycles. The van der Waals surface area contributed by atoms with Crippen molar-refractivity contribution >= 4 is 11.8 Å². The van der Waals surface area contributed by atoms with Crippen molar-refractivity contribution in [2.45, 2.75) is 63.2 Å². The standard InChI is InChI=1S/C11H22OS/c1-3-5-6-7-8-11(9-13-11)10(12)4-2/h10,12H,3-9H2,1-2H3. The molecule has 13 heavy (non-hydrogen) atoms. The van der Waals surface area contributed by atoms with Gasteiger partial charge in [0.1, 0.15) is 0 Å². The van der Waals surface area contributed by atoms with Crippen LogP contribution in [-0.2, 0) is 0 Å². The van der Waals surface area contributed by atoms with Crippen LogP contribution in [0.2, 0.25) is 0 Å². The van der Waals surface area contributed by atoms with Crippen molar-refractivity contribution in [1.29, 1.82) is 0 Å². The second-order valence-corrected chi connectivity index (χ2v) is 5.48. The molecule has 1 aliphatic rings. The summed E-state index contributed by atoms with van der Waals surface area (Å²) in [5.74, 6) is 1.19. The van der Waals surface area contributed by atoms with Gasteiger partial charge in [-0.25, -0.2) is 0 Å². The van der Waals surface area contributed by atoms with Gasteiger partial charge in [-0.2, -0.15) is 11.8 Å². The summed E-state index contributed by atoms with van der Waals surface area (Å²) < 4.78 is 0.280. The van der Waals surface area contributed by atoms with E-state index >= 15 is 0 Å². The van der Waals surface area contributed by atoms with Crippen LogP contribution < -0.4 is 0 Å². The van der Waals surface area contributed by atoms with Gasteiger partial charge in [0.05, 0.1) is 10.9 Å². The summed E-state index contributed by atoms with van der Waals surface area (Å²) in [5, 5.41) is 9.78. The molecule has 0 radical (unpaired) electrons. The van der Waals surface area contributed by atoms with Crippen molar-refractivity contribution < 1.29 is 5.11 Å². The van der Waals surface area contributed by atoms with E-state index in [0.717, 1.165) is 6.42 Å². The molecular formula is C11H22OS. The molecule has 1 nitrogen and oxygen atoms in total. The highest BCUT2D eigenvalue weighted by Crippen LogP contribution is 2.51. The lowest BCUT2D eigenvalue weighted by Gasteiger charge is -2.18. The van der Waals surface area contributed by atoms with Gasteiger partial charge in [-0.3, -0.25) is 0 Å². The van der Waals surface area contributed by atoms with Gasteiger partial charge in [0.15, 0.2) is 0 Å². The van der Waals surface area contributed by atoms with Gasteiger partial charge in [0.2, 0.25) is 0 Å². The quantitative estimate of drug-likeness (QED) is 0.505. The molecule has 2 heteroatoms. The Morgan fingerprint density at radius 1 is 1.31 bits per heavy atom. The summed E-state index contributed by atoms with van der Waals surface area (Å²) in [6, 6.07) is 0. The molecule has 0 aromatic rings. The minimum Gasteiger partial charge on any atom is -0.392 e. The summed E-state index contributed by atoms with van der Waals surface area (Å²) in [4.78, 5) is 0. The maximum atomic E-state index is 9.78. The first-order chi connectivity index (χ1) is 6.25. The van der Waals surface area contributed by atoms with Gasteiger partial charge in [0, 0.05) is 5.75 Å². The van der Waals surface area contributed by atoms with E-state index in [9.17, 15) is 5.11 Å². The Hall–Kier alpha value is 0.310. The van der Waals surface area contributed by atoms with E-state index < -0.39 is 0 Å². The van der Waals surface area contributed by atoms with Crippen molar-refractivity contribution in [3.63, 3.8) is 0 Å². The fourth-order valence-corrected chi connectivity index (χ4v) is 2.99. The SMILES string of the molecule is CCCCCCC1(C(O)CC)CS1. The number of aliphatic hydroxyl groups excluding tert-OH is 1. The van der Waals surface area contributed by atoms with Crippen LogP contribution in [0.15, 0.2) is 0 Å². The number of aliphatic hydroxyl groups is 1. The van der Waals surface area contributed by atoms with Crippen molar-refractivity contribution in [3.05, 3.63) is 0 Å². The van der Waals surface area contributed by atoms with E-state index in [4.69, 9.17) is 0 Å². The maximum absolute atomic E-state index is 9.78. The molecule has 0 bridgehead atoms. The molecule has 2 unspecified atom stereocenters. The zero-order valence-corrected chi connectivity index (χ0v) is 9.70. The number of hydrogen-bond donors (Lipinski definition) is 1. The van der Waals surface area contributed by atoms with E-state index in [1.54, 1.807) is 0 Å². The average Bonchev–Trinajstić information content (AvgIpc) is 2.92. The third kappa shape index (κ3) is 3.17. The molecular weight excluding hydrogens is 180 g/mol. The first-order valence-electron chi connectivity index (χ1n) is 5.57. The highest BCUT2D eigenvalue weighted by atomic mass is 32.2. The topological polar surface area (TPSA) is 20.2 Å². The lowest BCUT2D eigenvalue weighted by atomic mass is 9.95. The molecule has 0 aromatic carbocycles. The van der Waals surface area contributed by atoms with Crippen LogP contribution in [0, 0.1) is 0 Å². The van der Waals surface area contributed by atoms with Crippen LogP contribution in [0.3, 0.4) is 0 Å². The van der Waals surface area contributed by atoms with Crippen LogP contribution in [0.1, 0.15) is 52.4 Å². The lowest BCUT2D eigenvalue weighted by molar-refractivity contribution is 0.138. The average molecular weight is 202 g/mol. The van der Waals surface area contributed by atoms with Crippen LogP contribution in [0.25, 0.3) is 0 Å². The second-order valence-electron chi connectivity index (χ2n) is 4.09. The third-order valence-corrected chi connectivity index (χ3v) is 4.47. The van der Waals surface area contributed by atoms with Crippen molar-refractivity contribution in [2.24, 2.45) is 0 Å². The van der Waals surface area contributed by atoms with Gasteiger partial charge < -0.3 is 5.11 Å². The van der Waals surface area contributed by atoms with E-state index in [2.05, 4.69) is 13.8 Å². The monoisotopic (exact) mass is 202 g/mol. The highest BCUT2D eigenvalue weighted by molar-refractivity contribution is 8.07. The Balaban J connectivity index is 2.12. The highest BCUT2D eigenvalue weighted by Gasteiger charge is 2.48. The maximum Gasteiger partial charge on any atom is 0.0692 e. The smallest absolute Gasteiger partial charge is 0.0692 e. The van der Waals surface area contributed by atoms with Crippen molar-refractivity contribution in [3.8, 4) is 0 Å². The van der Waals surface area contributed by atoms with Gasteiger partial charge >= 0.3 is 0 Å². The Morgan fingerprint density at radius 2 is 2.00 bits per heavy atom. The Morgan fingerprint density at radius 3 is 2.46 bits per heavy atom. The summed E-state index contributed by atoms with van der Waals surface area (Å²) >= 11 is 1.96. The third-order valence-electron chi connectivity index (χ3n) is 2.96. The molecule has 0 spiro atoms. The van der Waals surface area contributed by atoms with E-state index in [0.29, 0.717) is 0 Å². The van der Waals surface area contributed by atoms with E-state index in [1.807, 2.05) is 11.8 Å². The number of unbranched alkanes of at least 4 members (excludes halogenated alkanes) is 3. The molecule has 1 rings (SSSR count). The van der Waals surface area contributed by atoms with Gasteiger partial charge in [-0.1, -0.05) is 39.5 Å². The van der Waals surface area contributed by atoms with Crippen molar-refractivity contribution in [1.82, 2.24) is 0 Å². The zero-order chi connectivity index (χ0) is 9.73. The molecule has 1 saturated heterocycles. The van der Waals surface area contributed by atoms with Gasteiger partial charge in [0.25, 0.3) is 0 Å². The summed E-state index contributed by atoms with van der Waals surface area (Å²) in [5.41, 5.74) is 0. The first kappa shape index (κ1) is 11.4. The molecule has 1 aliphatic heterocycles. The van der Waals surface area contributed by atoms with Crippen molar-refractivity contribution in [2.75, 3.05) is 5.75 Å². The predicted octanol–water partition coefficient (Wildman–Crippen LogP) is 3.21. The Kier molecular flexibility index (Phi) is 4.60. The summed E-state index contributed by atoms with van der Waals surface area (Å²) in [6.45, 7) is 4.32. The number of thioether (sulfide) groups is 1. The molecule has 1 N–H and O–H groups in total. The fourth-order valence-electron chi connectivity index (χ4n) is 1.82. The summed E-state index contributed by atoms with van der Waals surface area (Å²) in [6.07, 6.45) is 7.39. The molecule has 0 aliphatic carbocycles. The molecule has 1 heterocycles. The number of hydrogen-bond acceptors (Lipinski definition) is 2. The minimum absolute atomic E-state index is 0.0564. The second kappa shape index (κ2) is 5.26. The zero-order valence-electron chi connectivity index (χ0n) is 8.88.